The Bertz CT molecular complexity index is 2170. The third-order valence-electron chi connectivity index (χ3n) is 9.00. The number of methoxy groups -OCH3 is 3. The summed E-state index contributed by atoms with van der Waals surface area (Å²) in [6.45, 7) is 4.14. The molecule has 0 saturated carbocycles. The lowest BCUT2D eigenvalue weighted by Gasteiger charge is -2.15. The van der Waals surface area contributed by atoms with E-state index in [2.05, 4.69) is 13.8 Å². The van der Waals surface area contributed by atoms with Crippen LogP contribution < -0.4 is 36.1 Å². The van der Waals surface area contributed by atoms with Gasteiger partial charge >= 0.3 is 35.6 Å². The number of phenols is 1. The summed E-state index contributed by atoms with van der Waals surface area (Å²) in [6.07, 6.45) is 8.72. The van der Waals surface area contributed by atoms with Gasteiger partial charge in [-0.3, -0.25) is 0 Å². The van der Waals surface area contributed by atoms with E-state index in [0.29, 0.717) is 44.1 Å². The van der Waals surface area contributed by atoms with E-state index in [1.165, 1.54) is 51.3 Å². The van der Waals surface area contributed by atoms with Crippen molar-refractivity contribution in [1.29, 1.82) is 0 Å². The molecule has 0 radical (unpaired) electrons. The largest absolute Gasteiger partial charge is 0.508 e. The van der Waals surface area contributed by atoms with Crippen LogP contribution in [0.1, 0.15) is 44.6 Å². The van der Waals surface area contributed by atoms with Crippen molar-refractivity contribution in [2.75, 3.05) is 33.8 Å². The molecule has 1 aliphatic rings. The molecule has 0 unspecified atom stereocenters. The van der Waals surface area contributed by atoms with Gasteiger partial charge in [-0.25, -0.2) is 0 Å². The number of hydrogen-bond donors (Lipinski definition) is 11. The highest BCUT2D eigenvalue weighted by Gasteiger charge is 2.23. The minimum Gasteiger partial charge on any atom is -0.508 e. The van der Waals surface area contributed by atoms with E-state index in [0.717, 1.165) is 40.1 Å². The number of ether oxygens (including phenoxy) is 3. The van der Waals surface area contributed by atoms with Gasteiger partial charge in [0.05, 0.1) is 21.3 Å². The molecule has 11 N–H and O–H groups in total. The van der Waals surface area contributed by atoms with Crippen molar-refractivity contribution in [2.24, 2.45) is 0 Å². The van der Waals surface area contributed by atoms with Crippen molar-refractivity contribution < 1.29 is 69.6 Å². The molecule has 66 heavy (non-hydrogen) atoms. The zero-order chi connectivity index (χ0) is 49.9. The maximum Gasteiger partial charge on any atom is 0.492 e. The highest BCUT2D eigenvalue weighted by atomic mass is 35.5. The molecule has 0 bridgehead atoms. The monoisotopic (exact) mass is 986 g/mol. The number of aromatic hydroxyl groups is 1. The number of phenolic OH excluding ortho intramolecular Hbond substituents is 1. The van der Waals surface area contributed by atoms with Crippen molar-refractivity contribution in [3.8, 4) is 23.0 Å². The molecule has 0 fully saturated rings. The van der Waals surface area contributed by atoms with Crippen molar-refractivity contribution in [1.82, 2.24) is 0 Å². The predicted molar refractivity (Wildman–Crippen MR) is 273 cm³/mol. The minimum absolute atomic E-state index is 0.221. The van der Waals surface area contributed by atoms with Gasteiger partial charge in [0.2, 0.25) is 5.75 Å². The van der Waals surface area contributed by atoms with Gasteiger partial charge in [0, 0.05) is 30.8 Å². The topological polar surface area (TPSA) is 250 Å². The number of allylic oxidation sites excluding steroid dienone is 2. The molecule has 5 aromatic carbocycles. The first-order valence-corrected chi connectivity index (χ1v) is 23.3. The Kier molecular flexibility index (Phi) is 30.0. The van der Waals surface area contributed by atoms with E-state index >= 15 is 0 Å². The average molecular weight is 987 g/mol. The Labute approximate surface area is 407 Å². The fraction of sp³-hybridized carbons (Fsp3) is 0.256. The standard InChI is InChI=1S/C9H13BO5.C9H13BO2.C7H9BO2S.C7H8OS.C6H5BCl2O2.C5H9BO2/c1-13-7-5-4-6(10(11)12)8(14-2)9(7)15-3;1-7(2)8-4-3-5-9(6-8)10(11)12;1-11-7-5-3-2-4-6(7)8(9)10;1-9-7-4-2-3-6(8)5-7;8-4-1-2-6(9)5(3-4)7(10)11;7-6(8)5-3-1-2-4-5/h4-5,11-12H,1-3H3;3-7,11-12H,1-2H3;2-5,9-10H,1H3;2-5,8H,1H3;1-3,10-11H;3,7-8H,1-2,4H2. The quantitative estimate of drug-likeness (QED) is 0.0673. The van der Waals surface area contributed by atoms with Crippen LogP contribution in [0.25, 0.3) is 0 Å². The summed E-state index contributed by atoms with van der Waals surface area (Å²) in [5.41, 5.74) is 3.49. The van der Waals surface area contributed by atoms with Crippen molar-refractivity contribution in [3.05, 3.63) is 130 Å². The maximum absolute atomic E-state index is 9.10. The summed E-state index contributed by atoms with van der Waals surface area (Å²) in [5, 5.41) is 97.9. The third-order valence-corrected chi connectivity index (χ3v) is 11.1. The molecule has 0 amide bonds. The van der Waals surface area contributed by atoms with Gasteiger partial charge < -0.3 is 69.6 Å². The molecule has 0 atom stereocenters. The van der Waals surface area contributed by atoms with Gasteiger partial charge in [-0.05, 0) is 108 Å². The van der Waals surface area contributed by atoms with Crippen molar-refractivity contribution in [3.63, 3.8) is 0 Å². The minimum atomic E-state index is -1.61. The zero-order valence-electron chi connectivity index (χ0n) is 37.7. The van der Waals surface area contributed by atoms with Crippen LogP contribution in [0.3, 0.4) is 0 Å². The normalized spacial score (nSPS) is 10.9. The fourth-order valence-corrected chi connectivity index (χ4v) is 7.01. The number of rotatable bonds is 11. The lowest BCUT2D eigenvalue weighted by molar-refractivity contribution is 0.324. The van der Waals surface area contributed by atoms with Crippen LogP contribution in [0.5, 0.6) is 23.0 Å². The number of hydrogen-bond acceptors (Lipinski definition) is 16. The van der Waals surface area contributed by atoms with E-state index in [9.17, 15) is 0 Å². The van der Waals surface area contributed by atoms with Crippen LogP contribution >= 0.6 is 46.7 Å². The molecule has 23 heteroatoms. The Morgan fingerprint density at radius 2 is 1.20 bits per heavy atom. The van der Waals surface area contributed by atoms with Gasteiger partial charge in [0.25, 0.3) is 0 Å². The number of benzene rings is 5. The highest BCUT2D eigenvalue weighted by molar-refractivity contribution is 7.99. The molecule has 1 aliphatic carbocycles. The SMILES string of the molecule is CC(C)c1cccc(B(O)O)c1.COc1ccc(B(O)O)c(OC)c1OC.CSc1cccc(O)c1.CSc1ccccc1B(O)O.OB(O)C1=CCCC1.OB(O)c1cc(Cl)ccc1Cl. The molecular formula is C43H57B5Cl2O14S2. The molecule has 14 nitrogen and oxygen atoms in total. The summed E-state index contributed by atoms with van der Waals surface area (Å²) in [5.74, 6) is 1.82. The molecular weight excluding hydrogens is 930 g/mol. The summed E-state index contributed by atoms with van der Waals surface area (Å²) < 4.78 is 15.2. The third kappa shape index (κ3) is 21.9. The van der Waals surface area contributed by atoms with Crippen LogP contribution in [0.4, 0.5) is 0 Å². The van der Waals surface area contributed by atoms with E-state index in [1.807, 2.05) is 61.1 Å². The zero-order valence-corrected chi connectivity index (χ0v) is 40.8. The molecule has 0 heterocycles. The first-order valence-electron chi connectivity index (χ1n) is 20.1. The first kappa shape index (κ1) is 60.3. The smallest absolute Gasteiger partial charge is 0.492 e. The van der Waals surface area contributed by atoms with Crippen LogP contribution in [0.15, 0.2) is 124 Å². The number of halogens is 2. The van der Waals surface area contributed by atoms with Crippen molar-refractivity contribution in [2.45, 2.75) is 48.8 Å². The van der Waals surface area contributed by atoms with Crippen LogP contribution in [-0.2, 0) is 0 Å². The Morgan fingerprint density at radius 1 is 0.576 bits per heavy atom. The Morgan fingerprint density at radius 3 is 1.62 bits per heavy atom. The van der Waals surface area contributed by atoms with E-state index < -0.39 is 35.6 Å². The second-order valence-electron chi connectivity index (χ2n) is 13.9. The molecule has 5 aromatic rings. The van der Waals surface area contributed by atoms with Gasteiger partial charge in [-0.1, -0.05) is 97.7 Å². The molecule has 0 aromatic heterocycles. The predicted octanol–water partition coefficient (Wildman–Crippen LogP) is 2.87. The van der Waals surface area contributed by atoms with E-state index in [4.69, 9.17) is 92.8 Å². The summed E-state index contributed by atoms with van der Waals surface area (Å²) in [6, 6.07) is 29.4. The Hall–Kier alpha value is -3.76. The molecule has 0 aliphatic heterocycles. The summed E-state index contributed by atoms with van der Waals surface area (Å²) >= 11 is 14.3. The molecule has 354 valence electrons. The summed E-state index contributed by atoms with van der Waals surface area (Å²) in [4.78, 5) is 2.00. The van der Waals surface area contributed by atoms with E-state index in [1.54, 1.807) is 54.2 Å². The second kappa shape index (κ2) is 32.9. The maximum atomic E-state index is 9.10. The van der Waals surface area contributed by atoms with Crippen molar-refractivity contribution >= 4 is 104 Å². The van der Waals surface area contributed by atoms with Gasteiger partial charge in [-0.15, -0.1) is 23.5 Å². The van der Waals surface area contributed by atoms with E-state index in [-0.39, 0.29) is 16.7 Å². The molecule has 0 saturated heterocycles. The fourth-order valence-electron chi connectivity index (χ4n) is 5.54. The van der Waals surface area contributed by atoms with Crippen LogP contribution in [0.2, 0.25) is 10.0 Å². The summed E-state index contributed by atoms with van der Waals surface area (Å²) in [7, 11) is -2.73. The van der Waals surface area contributed by atoms with Crippen LogP contribution in [-0.4, -0.2) is 125 Å². The highest BCUT2D eigenvalue weighted by Crippen LogP contribution is 2.35. The molecule has 0 spiro atoms. The average Bonchev–Trinajstić information content (AvgIpc) is 3.86. The lowest BCUT2D eigenvalue weighted by atomic mass is 9.79. The van der Waals surface area contributed by atoms with Gasteiger partial charge in [0.15, 0.2) is 11.5 Å². The Balaban J connectivity index is 0.000000400. The second-order valence-corrected chi connectivity index (χ2v) is 16.5. The van der Waals surface area contributed by atoms with Gasteiger partial charge in [-0.2, -0.15) is 0 Å². The first-order chi connectivity index (χ1) is 31.3. The number of thioether (sulfide) groups is 2. The molecule has 6 rings (SSSR count). The lowest BCUT2D eigenvalue weighted by Crippen LogP contribution is -2.31. The van der Waals surface area contributed by atoms with Crippen LogP contribution in [0, 0.1) is 0 Å². The van der Waals surface area contributed by atoms with Gasteiger partial charge in [0.1, 0.15) is 5.75 Å².